The predicted molar refractivity (Wildman–Crippen MR) is 69.2 cm³/mol. The number of carbonyl (C=O) groups is 1. The molecule has 1 fully saturated rings. The molecule has 0 saturated carbocycles. The highest BCUT2D eigenvalue weighted by atomic mass is 32.1. The predicted octanol–water partition coefficient (Wildman–Crippen LogP) is 0.509. The van der Waals surface area contributed by atoms with Crippen molar-refractivity contribution >= 4 is 23.1 Å². The van der Waals surface area contributed by atoms with Gasteiger partial charge >= 0.3 is 0 Å². The Morgan fingerprint density at radius 1 is 1.56 bits per heavy atom. The molecular formula is C11H21N3OS. The van der Waals surface area contributed by atoms with E-state index in [1.807, 2.05) is 0 Å². The van der Waals surface area contributed by atoms with Gasteiger partial charge in [0.25, 0.3) is 0 Å². The van der Waals surface area contributed by atoms with Crippen LogP contribution in [0.5, 0.6) is 0 Å². The maximum Gasteiger partial charge on any atom is 0.222 e. The molecule has 5 heteroatoms. The zero-order valence-corrected chi connectivity index (χ0v) is 10.8. The van der Waals surface area contributed by atoms with Gasteiger partial charge in [-0.15, -0.1) is 0 Å². The van der Waals surface area contributed by atoms with Crippen molar-refractivity contribution in [2.45, 2.75) is 32.2 Å². The number of hydrogen-bond acceptors (Lipinski definition) is 3. The number of piperidine rings is 1. The molecule has 0 aliphatic carbocycles. The minimum absolute atomic E-state index is 0.156. The largest absolute Gasteiger partial charge is 0.392 e. The fourth-order valence-electron chi connectivity index (χ4n) is 2.32. The second-order valence-electron chi connectivity index (χ2n) is 4.25. The van der Waals surface area contributed by atoms with Crippen molar-refractivity contribution in [1.29, 1.82) is 0 Å². The van der Waals surface area contributed by atoms with E-state index < -0.39 is 0 Å². The van der Waals surface area contributed by atoms with E-state index in [1.54, 1.807) is 7.05 Å². The lowest BCUT2D eigenvalue weighted by molar-refractivity contribution is -0.126. The van der Waals surface area contributed by atoms with Gasteiger partial charge in [0.15, 0.2) is 0 Å². The van der Waals surface area contributed by atoms with Crippen LogP contribution in [0.3, 0.4) is 0 Å². The van der Waals surface area contributed by atoms with Crippen molar-refractivity contribution in [2.24, 2.45) is 11.7 Å². The van der Waals surface area contributed by atoms with E-state index in [4.69, 9.17) is 18.0 Å². The van der Waals surface area contributed by atoms with Crippen molar-refractivity contribution in [3.05, 3.63) is 0 Å². The number of nitrogens with zero attached hydrogens (tertiary/aromatic N) is 1. The summed E-state index contributed by atoms with van der Waals surface area (Å²) < 4.78 is 0. The molecule has 1 aliphatic rings. The average molecular weight is 243 g/mol. The Morgan fingerprint density at radius 2 is 2.12 bits per heavy atom. The number of likely N-dealkylation sites (tertiary alicyclic amines) is 1. The molecule has 0 aromatic heterocycles. The van der Waals surface area contributed by atoms with Gasteiger partial charge < -0.3 is 11.1 Å². The van der Waals surface area contributed by atoms with Crippen molar-refractivity contribution < 1.29 is 4.79 Å². The van der Waals surface area contributed by atoms with Crippen LogP contribution in [0, 0.1) is 5.92 Å². The average Bonchev–Trinajstić information content (AvgIpc) is 2.29. The molecule has 1 aliphatic heterocycles. The van der Waals surface area contributed by atoms with Gasteiger partial charge in [0.1, 0.15) is 0 Å². The van der Waals surface area contributed by atoms with Crippen molar-refractivity contribution in [1.82, 2.24) is 10.2 Å². The molecule has 0 aromatic rings. The number of carbonyl (C=O) groups excluding carboxylic acids is 1. The van der Waals surface area contributed by atoms with Crippen LogP contribution in [0.2, 0.25) is 0 Å². The third kappa shape index (κ3) is 3.15. The minimum atomic E-state index is 0.156. The van der Waals surface area contributed by atoms with E-state index in [9.17, 15) is 4.79 Å². The van der Waals surface area contributed by atoms with Crippen LogP contribution < -0.4 is 11.1 Å². The van der Waals surface area contributed by atoms with Gasteiger partial charge in [-0.2, -0.15) is 0 Å². The molecule has 0 spiro atoms. The minimum Gasteiger partial charge on any atom is -0.392 e. The Hall–Kier alpha value is -0.680. The number of amides is 1. The molecule has 3 N–H and O–H groups in total. The highest BCUT2D eigenvalue weighted by Gasteiger charge is 2.28. The molecule has 16 heavy (non-hydrogen) atoms. The maximum absolute atomic E-state index is 11.5. The Labute approximate surface area is 103 Å². The summed E-state index contributed by atoms with van der Waals surface area (Å²) in [5.41, 5.74) is 5.71. The molecule has 1 saturated heterocycles. The number of rotatable bonds is 4. The van der Waals surface area contributed by atoms with Crippen LogP contribution in [0.25, 0.3) is 0 Å². The SMILES string of the molecule is CCC(C(N)=S)N1CCC(C(=O)NC)CC1. The van der Waals surface area contributed by atoms with Gasteiger partial charge in [-0.1, -0.05) is 19.1 Å². The Bertz CT molecular complexity index is 262. The fraction of sp³-hybridized carbons (Fsp3) is 0.818. The second kappa shape index (κ2) is 6.15. The second-order valence-corrected chi connectivity index (χ2v) is 4.72. The lowest BCUT2D eigenvalue weighted by Gasteiger charge is -2.36. The summed E-state index contributed by atoms with van der Waals surface area (Å²) in [4.78, 5) is 14.3. The van der Waals surface area contributed by atoms with Crippen molar-refractivity contribution in [3.8, 4) is 0 Å². The third-order valence-corrected chi connectivity index (χ3v) is 3.57. The first-order valence-electron chi connectivity index (χ1n) is 5.85. The first-order chi connectivity index (χ1) is 7.60. The Morgan fingerprint density at radius 3 is 2.50 bits per heavy atom. The lowest BCUT2D eigenvalue weighted by atomic mass is 9.94. The molecule has 1 atom stereocenters. The topological polar surface area (TPSA) is 58.4 Å². The van der Waals surface area contributed by atoms with E-state index in [0.717, 1.165) is 32.4 Å². The summed E-state index contributed by atoms with van der Waals surface area (Å²) in [7, 11) is 1.69. The van der Waals surface area contributed by atoms with E-state index in [2.05, 4.69) is 17.1 Å². The van der Waals surface area contributed by atoms with E-state index >= 15 is 0 Å². The summed E-state index contributed by atoms with van der Waals surface area (Å²) in [5.74, 6) is 0.313. The van der Waals surface area contributed by atoms with E-state index in [1.165, 1.54) is 0 Å². The molecule has 0 radical (unpaired) electrons. The highest BCUT2D eigenvalue weighted by Crippen LogP contribution is 2.20. The lowest BCUT2D eigenvalue weighted by Crippen LogP contribution is -2.48. The molecule has 1 rings (SSSR count). The zero-order valence-electron chi connectivity index (χ0n) is 10.0. The maximum atomic E-state index is 11.5. The van der Waals surface area contributed by atoms with E-state index in [-0.39, 0.29) is 17.9 Å². The van der Waals surface area contributed by atoms with E-state index in [0.29, 0.717) is 4.99 Å². The van der Waals surface area contributed by atoms with Crippen LogP contribution in [0.15, 0.2) is 0 Å². The molecule has 0 bridgehead atoms. The normalized spacial score (nSPS) is 20.4. The van der Waals surface area contributed by atoms with Gasteiger partial charge in [0.05, 0.1) is 11.0 Å². The summed E-state index contributed by atoms with van der Waals surface area (Å²) in [6.07, 6.45) is 2.75. The summed E-state index contributed by atoms with van der Waals surface area (Å²) >= 11 is 5.06. The molecule has 1 heterocycles. The first kappa shape index (κ1) is 13.4. The van der Waals surface area contributed by atoms with Crippen LogP contribution in [0.4, 0.5) is 0 Å². The molecule has 0 aromatic carbocycles. The summed E-state index contributed by atoms with van der Waals surface area (Å²) in [6.45, 7) is 3.91. The van der Waals surface area contributed by atoms with Crippen LogP contribution in [0.1, 0.15) is 26.2 Å². The van der Waals surface area contributed by atoms with Crippen LogP contribution >= 0.6 is 12.2 Å². The molecular weight excluding hydrogens is 222 g/mol. The highest BCUT2D eigenvalue weighted by molar-refractivity contribution is 7.80. The van der Waals surface area contributed by atoms with Gasteiger partial charge in [-0.05, 0) is 32.4 Å². The zero-order chi connectivity index (χ0) is 12.1. The van der Waals surface area contributed by atoms with Crippen LogP contribution in [-0.2, 0) is 4.79 Å². The van der Waals surface area contributed by atoms with Gasteiger partial charge in [-0.25, -0.2) is 0 Å². The number of nitrogens with two attached hydrogens (primary N) is 1. The molecule has 4 nitrogen and oxygen atoms in total. The van der Waals surface area contributed by atoms with Gasteiger partial charge in [0, 0.05) is 13.0 Å². The number of hydrogen-bond donors (Lipinski definition) is 2. The van der Waals surface area contributed by atoms with Crippen molar-refractivity contribution in [2.75, 3.05) is 20.1 Å². The Kier molecular flexibility index (Phi) is 5.15. The number of thiocarbonyl (C=S) groups is 1. The summed E-state index contributed by atoms with van der Waals surface area (Å²) in [6, 6.07) is 0.195. The quantitative estimate of drug-likeness (QED) is 0.706. The van der Waals surface area contributed by atoms with Crippen molar-refractivity contribution in [3.63, 3.8) is 0 Å². The number of nitrogens with one attached hydrogen (secondary N) is 1. The van der Waals surface area contributed by atoms with Gasteiger partial charge in [0.2, 0.25) is 5.91 Å². The smallest absolute Gasteiger partial charge is 0.222 e. The Balaban J connectivity index is 2.47. The first-order valence-corrected chi connectivity index (χ1v) is 6.26. The fourth-order valence-corrected chi connectivity index (χ4v) is 2.63. The standard InChI is InChI=1S/C11H21N3OS/c1-3-9(10(12)16)14-6-4-8(5-7-14)11(15)13-2/h8-9H,3-7H2,1-2H3,(H2,12,16)(H,13,15). The molecule has 1 unspecified atom stereocenters. The van der Waals surface area contributed by atoms with Gasteiger partial charge in [-0.3, -0.25) is 9.69 Å². The monoisotopic (exact) mass is 243 g/mol. The molecule has 92 valence electrons. The third-order valence-electron chi connectivity index (χ3n) is 3.30. The summed E-state index contributed by atoms with van der Waals surface area (Å²) in [5, 5.41) is 2.71. The van der Waals surface area contributed by atoms with Crippen LogP contribution in [-0.4, -0.2) is 42.0 Å². The molecule has 1 amide bonds.